The Morgan fingerprint density at radius 3 is 1.97 bits per heavy atom. The Balaban J connectivity index is 0.000000253. The van der Waals surface area contributed by atoms with Gasteiger partial charge in [-0.3, -0.25) is 4.68 Å². The average molecular weight is 435 g/mol. The molecule has 0 bridgehead atoms. The zero-order chi connectivity index (χ0) is 21.1. The molecule has 0 fully saturated rings. The van der Waals surface area contributed by atoms with Crippen LogP contribution in [0.25, 0.3) is 0 Å². The number of halogens is 2. The summed E-state index contributed by atoms with van der Waals surface area (Å²) in [5, 5.41) is 12.8. The van der Waals surface area contributed by atoms with E-state index < -0.39 is 0 Å². The van der Waals surface area contributed by atoms with Gasteiger partial charge in [0.15, 0.2) is 0 Å². The van der Waals surface area contributed by atoms with Gasteiger partial charge in [-0.15, -0.1) is 23.2 Å². The van der Waals surface area contributed by atoms with Crippen LogP contribution in [0, 0.1) is 0 Å². The summed E-state index contributed by atoms with van der Waals surface area (Å²) >= 11 is 11.3. The molecule has 1 N–H and O–H groups in total. The summed E-state index contributed by atoms with van der Waals surface area (Å²) in [6.45, 7) is 2.86. The maximum absolute atomic E-state index is 11.5. The van der Waals surface area contributed by atoms with Crippen molar-refractivity contribution in [3.8, 4) is 0 Å². The summed E-state index contributed by atoms with van der Waals surface area (Å²) in [4.78, 5) is 11.5. The fraction of sp³-hybridized carbons (Fsp3) is 0.273. The van der Waals surface area contributed by atoms with E-state index in [1.165, 1.54) is 6.20 Å². The highest BCUT2D eigenvalue weighted by Crippen LogP contribution is 2.09. The van der Waals surface area contributed by atoms with Crippen molar-refractivity contribution in [1.82, 2.24) is 9.78 Å². The maximum Gasteiger partial charge on any atom is 0.341 e. The number of hydrogen-bond donors (Lipinski definition) is 1. The molecule has 0 aliphatic heterocycles. The molecule has 0 amide bonds. The van der Waals surface area contributed by atoms with Gasteiger partial charge in [-0.2, -0.15) is 5.10 Å². The maximum atomic E-state index is 11.5. The van der Waals surface area contributed by atoms with Crippen molar-refractivity contribution in [1.29, 1.82) is 0 Å². The number of aliphatic hydroxyl groups excluding tert-OH is 1. The SMILES string of the molecule is CCOC(=O)c1cnn(Cc2ccc(CCl)cc2)c1.OCc1ccc(CCl)cc1. The number of rotatable bonds is 7. The molecular formula is C22H24Cl2N2O3. The Morgan fingerprint density at radius 1 is 0.966 bits per heavy atom. The minimum Gasteiger partial charge on any atom is -0.462 e. The van der Waals surface area contributed by atoms with E-state index in [9.17, 15) is 4.79 Å². The second kappa shape index (κ2) is 12.3. The van der Waals surface area contributed by atoms with E-state index in [0.29, 0.717) is 30.5 Å². The summed E-state index contributed by atoms with van der Waals surface area (Å²) < 4.78 is 6.63. The lowest BCUT2D eigenvalue weighted by molar-refractivity contribution is 0.0526. The van der Waals surface area contributed by atoms with Crippen molar-refractivity contribution < 1.29 is 14.6 Å². The molecule has 154 valence electrons. The van der Waals surface area contributed by atoms with Crippen molar-refractivity contribution in [2.75, 3.05) is 6.61 Å². The lowest BCUT2D eigenvalue weighted by Gasteiger charge is -2.03. The normalized spacial score (nSPS) is 10.2. The predicted molar refractivity (Wildman–Crippen MR) is 115 cm³/mol. The molecule has 7 heteroatoms. The summed E-state index contributed by atoms with van der Waals surface area (Å²) in [7, 11) is 0. The van der Waals surface area contributed by atoms with Crippen LogP contribution in [0.5, 0.6) is 0 Å². The molecule has 2 aromatic carbocycles. The van der Waals surface area contributed by atoms with Crippen molar-refractivity contribution in [3.63, 3.8) is 0 Å². The Bertz CT molecular complexity index is 855. The first kappa shape index (κ1) is 22.9. The molecule has 1 aromatic heterocycles. The molecule has 29 heavy (non-hydrogen) atoms. The molecule has 0 saturated carbocycles. The summed E-state index contributed by atoms with van der Waals surface area (Å²) in [6.07, 6.45) is 3.21. The fourth-order valence-corrected chi connectivity index (χ4v) is 2.78. The highest BCUT2D eigenvalue weighted by Gasteiger charge is 2.09. The van der Waals surface area contributed by atoms with Gasteiger partial charge in [0.25, 0.3) is 0 Å². The van der Waals surface area contributed by atoms with Crippen LogP contribution < -0.4 is 0 Å². The van der Waals surface area contributed by atoms with Crippen LogP contribution in [0.15, 0.2) is 60.9 Å². The van der Waals surface area contributed by atoms with Crippen LogP contribution in [0.4, 0.5) is 0 Å². The zero-order valence-electron chi connectivity index (χ0n) is 16.2. The Hall–Kier alpha value is -2.34. The van der Waals surface area contributed by atoms with Gasteiger partial charge in [0.2, 0.25) is 0 Å². The molecule has 0 unspecified atom stereocenters. The van der Waals surface area contributed by atoms with Crippen LogP contribution in [0.1, 0.15) is 39.5 Å². The molecule has 3 rings (SSSR count). The monoisotopic (exact) mass is 434 g/mol. The summed E-state index contributed by atoms with van der Waals surface area (Å²) in [6, 6.07) is 15.6. The van der Waals surface area contributed by atoms with Crippen molar-refractivity contribution in [2.24, 2.45) is 0 Å². The molecule has 0 radical (unpaired) electrons. The smallest absolute Gasteiger partial charge is 0.341 e. The third kappa shape index (κ3) is 7.54. The van der Waals surface area contributed by atoms with Gasteiger partial charge in [0.1, 0.15) is 0 Å². The molecule has 0 spiro atoms. The Kier molecular flexibility index (Phi) is 9.71. The second-order valence-electron chi connectivity index (χ2n) is 6.21. The quantitative estimate of drug-likeness (QED) is 0.429. The minimum absolute atomic E-state index is 0.0998. The number of hydrogen-bond acceptors (Lipinski definition) is 4. The largest absolute Gasteiger partial charge is 0.462 e. The topological polar surface area (TPSA) is 64.3 Å². The number of carbonyl (C=O) groups excluding carboxylic acids is 1. The number of nitrogens with zero attached hydrogens (tertiary/aromatic N) is 2. The van der Waals surface area contributed by atoms with E-state index in [-0.39, 0.29) is 12.6 Å². The number of esters is 1. The van der Waals surface area contributed by atoms with E-state index in [0.717, 1.165) is 22.3 Å². The van der Waals surface area contributed by atoms with Gasteiger partial charge in [-0.25, -0.2) is 4.79 Å². The third-order valence-electron chi connectivity index (χ3n) is 4.03. The minimum atomic E-state index is -0.341. The van der Waals surface area contributed by atoms with Gasteiger partial charge in [0.05, 0.1) is 31.5 Å². The summed E-state index contributed by atoms with van der Waals surface area (Å²) in [5.41, 5.74) is 4.66. The molecule has 3 aromatic rings. The van der Waals surface area contributed by atoms with Crippen LogP contribution >= 0.6 is 23.2 Å². The highest BCUT2D eigenvalue weighted by molar-refractivity contribution is 6.17. The summed E-state index contributed by atoms with van der Waals surface area (Å²) in [5.74, 6) is 0.701. The first-order chi connectivity index (χ1) is 14.1. The van der Waals surface area contributed by atoms with Crippen LogP contribution in [-0.2, 0) is 29.6 Å². The van der Waals surface area contributed by atoms with Crippen molar-refractivity contribution >= 4 is 29.2 Å². The zero-order valence-corrected chi connectivity index (χ0v) is 17.7. The van der Waals surface area contributed by atoms with Crippen molar-refractivity contribution in [2.45, 2.75) is 31.8 Å². The fourth-order valence-electron chi connectivity index (χ4n) is 2.42. The van der Waals surface area contributed by atoms with Crippen molar-refractivity contribution in [3.05, 3.63) is 88.7 Å². The van der Waals surface area contributed by atoms with E-state index in [1.807, 2.05) is 48.5 Å². The van der Waals surface area contributed by atoms with Gasteiger partial charge in [0, 0.05) is 18.0 Å². The molecule has 1 heterocycles. The van der Waals surface area contributed by atoms with E-state index in [1.54, 1.807) is 17.8 Å². The van der Waals surface area contributed by atoms with Crippen LogP contribution in [0.3, 0.4) is 0 Å². The third-order valence-corrected chi connectivity index (χ3v) is 4.64. The van der Waals surface area contributed by atoms with Gasteiger partial charge < -0.3 is 9.84 Å². The average Bonchev–Trinajstić information content (AvgIpc) is 3.23. The first-order valence-corrected chi connectivity index (χ1v) is 10.2. The molecule has 0 atom stereocenters. The van der Waals surface area contributed by atoms with Crippen LogP contribution in [0.2, 0.25) is 0 Å². The molecule has 0 aliphatic carbocycles. The molecule has 5 nitrogen and oxygen atoms in total. The number of alkyl halides is 2. The molecule has 0 aliphatic rings. The number of ether oxygens (including phenoxy) is 1. The van der Waals surface area contributed by atoms with Crippen LogP contribution in [-0.4, -0.2) is 27.5 Å². The first-order valence-electron chi connectivity index (χ1n) is 9.17. The van der Waals surface area contributed by atoms with Gasteiger partial charge >= 0.3 is 5.97 Å². The van der Waals surface area contributed by atoms with E-state index in [2.05, 4.69) is 5.10 Å². The number of carbonyl (C=O) groups is 1. The standard InChI is InChI=1S/C14H15ClN2O2.C8H9ClO/c1-2-19-14(18)13-8-16-17(10-13)9-12-5-3-11(7-15)4-6-12;9-5-7-1-3-8(6-10)4-2-7/h3-6,8,10H,2,7,9H2,1H3;1-4,10H,5-6H2. The van der Waals surface area contributed by atoms with Gasteiger partial charge in [-0.05, 0) is 29.2 Å². The Morgan fingerprint density at radius 2 is 1.48 bits per heavy atom. The van der Waals surface area contributed by atoms with E-state index in [4.69, 9.17) is 33.0 Å². The Labute approximate surface area is 180 Å². The number of aromatic nitrogens is 2. The number of benzene rings is 2. The molecule has 0 saturated heterocycles. The second-order valence-corrected chi connectivity index (χ2v) is 6.74. The van der Waals surface area contributed by atoms with E-state index >= 15 is 0 Å². The molecular weight excluding hydrogens is 411 g/mol. The lowest BCUT2D eigenvalue weighted by atomic mass is 10.1. The van der Waals surface area contributed by atoms with Gasteiger partial charge in [-0.1, -0.05) is 48.5 Å². The number of aliphatic hydroxyl groups is 1. The highest BCUT2D eigenvalue weighted by atomic mass is 35.5. The predicted octanol–water partition coefficient (Wildman–Crippen LogP) is 4.76. The lowest BCUT2D eigenvalue weighted by Crippen LogP contribution is -2.04.